The summed E-state index contributed by atoms with van der Waals surface area (Å²) in [7, 11) is 0. The van der Waals surface area contributed by atoms with E-state index in [1.54, 1.807) is 0 Å². The lowest BCUT2D eigenvalue weighted by Crippen LogP contribution is -2.45. The van der Waals surface area contributed by atoms with Gasteiger partial charge >= 0.3 is 6.18 Å². The number of halogens is 3. The zero-order chi connectivity index (χ0) is 11.2. The lowest BCUT2D eigenvalue weighted by molar-refractivity contribution is -0.176. The van der Waals surface area contributed by atoms with Gasteiger partial charge in [0.1, 0.15) is 6.04 Å². The van der Waals surface area contributed by atoms with Crippen molar-refractivity contribution in [2.75, 3.05) is 6.54 Å². The predicted molar refractivity (Wildman–Crippen MR) is 50.1 cm³/mol. The Morgan fingerprint density at radius 1 is 1.40 bits per heavy atom. The molecule has 0 aromatic heterocycles. The van der Waals surface area contributed by atoms with Crippen molar-refractivity contribution in [2.45, 2.75) is 50.9 Å². The summed E-state index contributed by atoms with van der Waals surface area (Å²) in [5, 5.41) is 6.20. The topological polar surface area (TPSA) is 27.1 Å². The van der Waals surface area contributed by atoms with Gasteiger partial charge in [-0.3, -0.25) is 15.5 Å². The van der Waals surface area contributed by atoms with Gasteiger partial charge < -0.3 is 0 Å². The Balaban J connectivity index is 1.99. The van der Waals surface area contributed by atoms with E-state index in [-0.39, 0.29) is 24.8 Å². The van der Waals surface area contributed by atoms with E-state index in [0.717, 1.165) is 0 Å². The van der Waals surface area contributed by atoms with Crippen LogP contribution in [0.3, 0.4) is 0 Å². The molecule has 88 valence electrons. The predicted octanol–water partition coefficient (Wildman–Crippen LogP) is 0.876. The Morgan fingerprint density at radius 3 is 2.60 bits per heavy atom. The lowest BCUT2D eigenvalue weighted by atomic mass is 10.2. The molecule has 2 aliphatic rings. The van der Waals surface area contributed by atoms with Gasteiger partial charge in [-0.25, -0.2) is 0 Å². The van der Waals surface area contributed by atoms with Crippen molar-refractivity contribution in [2.24, 2.45) is 0 Å². The Hall–Kier alpha value is -0.330. The summed E-state index contributed by atoms with van der Waals surface area (Å²) in [6, 6.07) is -1.07. The standard InChI is InChI=1S/C9H16F3N3/c1-5(2)14-8-7-13-4-3-6(15(7)8)9(10,11)12/h5-8,13-14H,3-4H2,1-2H3/t6?,7-,8+,15?/m0/s1. The molecule has 2 aliphatic heterocycles. The zero-order valence-electron chi connectivity index (χ0n) is 8.80. The Morgan fingerprint density at radius 2 is 2.07 bits per heavy atom. The summed E-state index contributed by atoms with van der Waals surface area (Å²) >= 11 is 0. The van der Waals surface area contributed by atoms with Crippen molar-refractivity contribution in [1.29, 1.82) is 0 Å². The quantitative estimate of drug-likeness (QED) is 0.680. The van der Waals surface area contributed by atoms with Crippen LogP contribution in [0.1, 0.15) is 20.3 Å². The largest absolute Gasteiger partial charge is 0.404 e. The van der Waals surface area contributed by atoms with Crippen LogP contribution in [0.15, 0.2) is 0 Å². The van der Waals surface area contributed by atoms with Gasteiger partial charge in [-0.2, -0.15) is 13.2 Å². The van der Waals surface area contributed by atoms with Crippen LogP contribution in [-0.4, -0.2) is 42.0 Å². The van der Waals surface area contributed by atoms with Gasteiger partial charge in [-0.05, 0) is 26.8 Å². The van der Waals surface area contributed by atoms with E-state index in [9.17, 15) is 13.2 Å². The minimum atomic E-state index is -4.10. The number of nitrogens with one attached hydrogen (secondary N) is 2. The number of nitrogens with zero attached hydrogens (tertiary/aromatic N) is 1. The third-order valence-corrected chi connectivity index (χ3v) is 2.86. The van der Waals surface area contributed by atoms with Gasteiger partial charge in [0.05, 0.1) is 12.3 Å². The first kappa shape index (κ1) is 11.2. The second-order valence-corrected chi connectivity index (χ2v) is 4.46. The Kier molecular flexibility index (Phi) is 2.68. The van der Waals surface area contributed by atoms with E-state index in [4.69, 9.17) is 0 Å². The van der Waals surface area contributed by atoms with E-state index < -0.39 is 12.2 Å². The number of rotatable bonds is 2. The van der Waals surface area contributed by atoms with E-state index in [1.165, 1.54) is 4.90 Å². The highest BCUT2D eigenvalue weighted by atomic mass is 19.4. The third kappa shape index (κ3) is 2.11. The maximum absolute atomic E-state index is 12.6. The molecule has 6 heteroatoms. The van der Waals surface area contributed by atoms with Crippen LogP contribution in [0, 0.1) is 0 Å². The average molecular weight is 223 g/mol. The highest BCUT2D eigenvalue weighted by Gasteiger charge is 2.60. The summed E-state index contributed by atoms with van der Waals surface area (Å²) in [5.41, 5.74) is 0. The van der Waals surface area contributed by atoms with Crippen molar-refractivity contribution >= 4 is 0 Å². The Labute approximate surface area is 87.0 Å². The van der Waals surface area contributed by atoms with Crippen LogP contribution in [0.4, 0.5) is 13.2 Å². The second kappa shape index (κ2) is 3.61. The fourth-order valence-corrected chi connectivity index (χ4v) is 2.22. The highest BCUT2D eigenvalue weighted by molar-refractivity contribution is 5.07. The van der Waals surface area contributed by atoms with Crippen molar-refractivity contribution < 1.29 is 13.2 Å². The van der Waals surface area contributed by atoms with Crippen LogP contribution in [0.25, 0.3) is 0 Å². The van der Waals surface area contributed by atoms with Crippen LogP contribution >= 0.6 is 0 Å². The van der Waals surface area contributed by atoms with Crippen molar-refractivity contribution in [1.82, 2.24) is 15.5 Å². The van der Waals surface area contributed by atoms with Crippen LogP contribution in [-0.2, 0) is 0 Å². The molecule has 0 saturated carbocycles. The molecule has 2 N–H and O–H groups in total. The third-order valence-electron chi connectivity index (χ3n) is 2.86. The summed E-state index contributed by atoms with van der Waals surface area (Å²) < 4.78 is 37.9. The first-order valence-corrected chi connectivity index (χ1v) is 5.25. The minimum absolute atomic E-state index is 0.132. The second-order valence-electron chi connectivity index (χ2n) is 4.46. The molecule has 0 aliphatic carbocycles. The molecule has 3 nitrogen and oxygen atoms in total. The smallest absolute Gasteiger partial charge is 0.299 e. The van der Waals surface area contributed by atoms with Crippen LogP contribution < -0.4 is 10.6 Å². The van der Waals surface area contributed by atoms with Crippen molar-refractivity contribution in [3.63, 3.8) is 0 Å². The SMILES string of the molecule is CC(C)N[C@H]1[C@H]2NCCC(C(F)(F)F)N21. The highest BCUT2D eigenvalue weighted by Crippen LogP contribution is 2.39. The molecule has 2 unspecified atom stereocenters. The van der Waals surface area contributed by atoms with Crippen molar-refractivity contribution in [3.05, 3.63) is 0 Å². The molecule has 2 rings (SSSR count). The molecular formula is C9H16F3N3. The summed E-state index contributed by atoms with van der Waals surface area (Å²) in [5.74, 6) is 0. The maximum atomic E-state index is 12.6. The fourth-order valence-electron chi connectivity index (χ4n) is 2.22. The molecule has 2 saturated heterocycles. The van der Waals surface area contributed by atoms with Gasteiger partial charge in [-0.15, -0.1) is 0 Å². The Bertz CT molecular complexity index is 241. The van der Waals surface area contributed by atoms with Gasteiger partial charge in [0.15, 0.2) is 0 Å². The van der Waals surface area contributed by atoms with E-state index in [2.05, 4.69) is 10.6 Å². The summed E-state index contributed by atoms with van der Waals surface area (Å²) in [6.07, 6.45) is -4.24. The molecule has 2 heterocycles. The lowest BCUT2D eigenvalue weighted by Gasteiger charge is -2.26. The van der Waals surface area contributed by atoms with Gasteiger partial charge in [0.25, 0.3) is 0 Å². The number of hydrogen-bond acceptors (Lipinski definition) is 3. The average Bonchev–Trinajstić information content (AvgIpc) is 2.76. The number of alkyl halides is 3. The van der Waals surface area contributed by atoms with Gasteiger partial charge in [-0.1, -0.05) is 0 Å². The van der Waals surface area contributed by atoms with E-state index in [0.29, 0.717) is 6.54 Å². The van der Waals surface area contributed by atoms with Crippen LogP contribution in [0.5, 0.6) is 0 Å². The molecule has 0 amide bonds. The summed E-state index contributed by atoms with van der Waals surface area (Å²) in [4.78, 5) is 1.48. The van der Waals surface area contributed by atoms with E-state index in [1.807, 2.05) is 13.8 Å². The molecule has 4 atom stereocenters. The normalized spacial score (nSPS) is 40.4. The minimum Gasteiger partial charge on any atom is -0.299 e. The molecule has 0 bridgehead atoms. The maximum Gasteiger partial charge on any atom is 0.404 e. The van der Waals surface area contributed by atoms with Crippen molar-refractivity contribution in [3.8, 4) is 0 Å². The number of hydrogen-bond donors (Lipinski definition) is 2. The fraction of sp³-hybridized carbons (Fsp3) is 1.00. The number of fused-ring (bicyclic) bond motifs is 1. The molecular weight excluding hydrogens is 207 g/mol. The molecule has 0 radical (unpaired) electrons. The molecule has 2 fully saturated rings. The molecule has 0 spiro atoms. The monoisotopic (exact) mass is 223 g/mol. The zero-order valence-corrected chi connectivity index (χ0v) is 8.80. The first-order chi connectivity index (χ1) is 6.91. The first-order valence-electron chi connectivity index (χ1n) is 5.25. The molecule has 0 aromatic rings. The van der Waals surface area contributed by atoms with Gasteiger partial charge in [0, 0.05) is 6.04 Å². The molecule has 15 heavy (non-hydrogen) atoms. The molecule has 0 aromatic carbocycles. The summed E-state index contributed by atoms with van der Waals surface area (Å²) in [6.45, 7) is 4.32. The van der Waals surface area contributed by atoms with Gasteiger partial charge in [0.2, 0.25) is 0 Å². The van der Waals surface area contributed by atoms with E-state index >= 15 is 0 Å². The van der Waals surface area contributed by atoms with Crippen LogP contribution in [0.2, 0.25) is 0 Å².